The highest BCUT2D eigenvalue weighted by molar-refractivity contribution is 5.85. The van der Waals surface area contributed by atoms with E-state index >= 15 is 0 Å². The first-order valence-electron chi connectivity index (χ1n) is 5.13. The van der Waals surface area contributed by atoms with Crippen molar-refractivity contribution in [2.75, 3.05) is 12.4 Å². The van der Waals surface area contributed by atoms with Gasteiger partial charge in [0.25, 0.3) is 0 Å². The topological polar surface area (TPSA) is 56.1 Å². The molecule has 0 radical (unpaired) electrons. The maximum Gasteiger partial charge on any atom is 0.411 e. The van der Waals surface area contributed by atoms with Gasteiger partial charge in [0.1, 0.15) is 0 Å². The fourth-order valence-corrected chi connectivity index (χ4v) is 1.52. The van der Waals surface area contributed by atoms with E-state index in [4.69, 9.17) is 0 Å². The fraction of sp³-hybridized carbons (Fsp3) is 0.167. The van der Waals surface area contributed by atoms with Crippen molar-refractivity contribution < 1.29 is 9.53 Å². The number of methoxy groups -OCH3 is 1. The maximum absolute atomic E-state index is 11.1. The Labute approximate surface area is 99.0 Å². The summed E-state index contributed by atoms with van der Waals surface area (Å²) >= 11 is 0. The lowest BCUT2D eigenvalue weighted by atomic mass is 10.1. The van der Waals surface area contributed by atoms with Crippen LogP contribution in [-0.4, -0.2) is 23.0 Å². The van der Waals surface area contributed by atoms with Gasteiger partial charge in [-0.1, -0.05) is 12.1 Å². The van der Waals surface area contributed by atoms with Crippen LogP contribution in [0.25, 0.3) is 11.1 Å². The van der Waals surface area contributed by atoms with Gasteiger partial charge >= 0.3 is 6.09 Å². The smallest absolute Gasteiger partial charge is 0.411 e. The summed E-state index contributed by atoms with van der Waals surface area (Å²) in [7, 11) is 3.19. The summed E-state index contributed by atoms with van der Waals surface area (Å²) in [5.74, 6) is 0. The Kier molecular flexibility index (Phi) is 3.09. The number of aryl methyl sites for hydroxylation is 1. The van der Waals surface area contributed by atoms with Gasteiger partial charge in [0.2, 0.25) is 0 Å². The molecule has 1 heterocycles. The Bertz CT molecular complexity index is 534. The number of rotatable bonds is 2. The molecule has 1 aromatic carbocycles. The number of nitrogens with zero attached hydrogens (tertiary/aromatic N) is 2. The summed E-state index contributed by atoms with van der Waals surface area (Å²) in [6.07, 6.45) is 3.21. The number of benzene rings is 1. The van der Waals surface area contributed by atoms with Gasteiger partial charge < -0.3 is 4.74 Å². The van der Waals surface area contributed by atoms with E-state index in [2.05, 4.69) is 15.2 Å². The molecule has 0 spiro atoms. The molecule has 2 rings (SSSR count). The number of carbonyl (C=O) groups is 1. The second-order valence-electron chi connectivity index (χ2n) is 3.60. The van der Waals surface area contributed by atoms with Gasteiger partial charge in [-0.15, -0.1) is 0 Å². The van der Waals surface area contributed by atoms with E-state index in [1.54, 1.807) is 16.9 Å². The van der Waals surface area contributed by atoms with Crippen LogP contribution < -0.4 is 5.32 Å². The van der Waals surface area contributed by atoms with E-state index in [-0.39, 0.29) is 0 Å². The number of hydrogen-bond acceptors (Lipinski definition) is 3. The Hall–Kier alpha value is -2.30. The lowest BCUT2D eigenvalue weighted by Crippen LogP contribution is -2.10. The predicted molar refractivity (Wildman–Crippen MR) is 64.7 cm³/mol. The zero-order valence-electron chi connectivity index (χ0n) is 9.68. The Balaban J connectivity index is 2.25. The maximum atomic E-state index is 11.1. The van der Waals surface area contributed by atoms with Gasteiger partial charge in [-0.25, -0.2) is 4.79 Å². The number of nitrogens with one attached hydrogen (secondary N) is 1. The van der Waals surface area contributed by atoms with Crippen LogP contribution in [0, 0.1) is 0 Å². The average Bonchev–Trinajstić information content (AvgIpc) is 2.76. The third-order valence-electron chi connectivity index (χ3n) is 2.33. The molecule has 17 heavy (non-hydrogen) atoms. The second-order valence-corrected chi connectivity index (χ2v) is 3.60. The number of aromatic nitrogens is 2. The molecule has 0 aliphatic carbocycles. The first-order valence-corrected chi connectivity index (χ1v) is 5.13. The Morgan fingerprint density at radius 3 is 2.88 bits per heavy atom. The van der Waals surface area contributed by atoms with Crippen LogP contribution in [0.3, 0.4) is 0 Å². The molecule has 0 bridgehead atoms. The van der Waals surface area contributed by atoms with Gasteiger partial charge in [0.05, 0.1) is 13.3 Å². The lowest BCUT2D eigenvalue weighted by molar-refractivity contribution is 0.187. The van der Waals surface area contributed by atoms with Crippen LogP contribution in [0.2, 0.25) is 0 Å². The van der Waals surface area contributed by atoms with Gasteiger partial charge in [-0.05, 0) is 17.7 Å². The van der Waals surface area contributed by atoms with Crippen molar-refractivity contribution in [3.05, 3.63) is 36.7 Å². The minimum absolute atomic E-state index is 0.478. The highest BCUT2D eigenvalue weighted by Gasteiger charge is 2.04. The van der Waals surface area contributed by atoms with Crippen LogP contribution in [0.1, 0.15) is 0 Å². The van der Waals surface area contributed by atoms with E-state index in [1.165, 1.54) is 7.11 Å². The first-order chi connectivity index (χ1) is 8.19. The lowest BCUT2D eigenvalue weighted by Gasteiger charge is -2.05. The van der Waals surface area contributed by atoms with Crippen LogP contribution in [0.5, 0.6) is 0 Å². The van der Waals surface area contributed by atoms with E-state index < -0.39 is 6.09 Å². The monoisotopic (exact) mass is 231 g/mol. The molecule has 0 aliphatic heterocycles. The van der Waals surface area contributed by atoms with Crippen LogP contribution in [-0.2, 0) is 11.8 Å². The second kappa shape index (κ2) is 4.69. The van der Waals surface area contributed by atoms with Crippen molar-refractivity contribution >= 4 is 11.8 Å². The molecule has 0 atom stereocenters. The zero-order valence-corrected chi connectivity index (χ0v) is 9.68. The molecule has 0 aliphatic rings. The van der Waals surface area contributed by atoms with Gasteiger partial charge in [-0.3, -0.25) is 10.00 Å². The molecule has 0 unspecified atom stereocenters. The summed E-state index contributed by atoms with van der Waals surface area (Å²) < 4.78 is 6.27. The first kappa shape index (κ1) is 11.2. The molecule has 5 nitrogen and oxygen atoms in total. The number of carbonyl (C=O) groups excluding carboxylic acids is 1. The van der Waals surface area contributed by atoms with Crippen molar-refractivity contribution in [1.82, 2.24) is 9.78 Å². The minimum Gasteiger partial charge on any atom is -0.453 e. The predicted octanol–water partition coefficient (Wildman–Crippen LogP) is 2.27. The zero-order chi connectivity index (χ0) is 12.3. The Morgan fingerprint density at radius 2 is 2.24 bits per heavy atom. The van der Waals surface area contributed by atoms with E-state index in [0.717, 1.165) is 11.1 Å². The highest BCUT2D eigenvalue weighted by atomic mass is 16.5. The molecule has 1 aromatic heterocycles. The van der Waals surface area contributed by atoms with Crippen LogP contribution in [0.15, 0.2) is 36.7 Å². The molecule has 88 valence electrons. The van der Waals surface area contributed by atoms with Crippen molar-refractivity contribution in [1.29, 1.82) is 0 Å². The largest absolute Gasteiger partial charge is 0.453 e. The SMILES string of the molecule is COC(=O)Nc1cccc(-c2cnn(C)c2)c1. The molecule has 2 aromatic rings. The molecule has 1 N–H and O–H groups in total. The number of hydrogen-bond donors (Lipinski definition) is 1. The van der Waals surface area contributed by atoms with Crippen LogP contribution in [0.4, 0.5) is 10.5 Å². The molecule has 0 fully saturated rings. The number of amides is 1. The van der Waals surface area contributed by atoms with Gasteiger partial charge in [0, 0.05) is 24.5 Å². The summed E-state index contributed by atoms with van der Waals surface area (Å²) in [5.41, 5.74) is 2.69. The summed E-state index contributed by atoms with van der Waals surface area (Å²) in [4.78, 5) is 11.1. The molecule has 0 saturated carbocycles. The van der Waals surface area contributed by atoms with E-state index in [9.17, 15) is 4.79 Å². The summed E-state index contributed by atoms with van der Waals surface area (Å²) in [6.45, 7) is 0. The number of ether oxygens (including phenoxy) is 1. The standard InChI is InChI=1S/C12H13N3O2/c1-15-8-10(7-13-15)9-4-3-5-11(6-9)14-12(16)17-2/h3-8H,1-2H3,(H,14,16). The fourth-order valence-electron chi connectivity index (χ4n) is 1.52. The van der Waals surface area contributed by atoms with Crippen molar-refractivity contribution in [3.8, 4) is 11.1 Å². The molecule has 0 saturated heterocycles. The molecular formula is C12H13N3O2. The summed E-state index contributed by atoms with van der Waals surface area (Å²) in [5, 5.41) is 6.72. The van der Waals surface area contributed by atoms with E-state index in [0.29, 0.717) is 5.69 Å². The quantitative estimate of drug-likeness (QED) is 0.862. The van der Waals surface area contributed by atoms with Gasteiger partial charge in [-0.2, -0.15) is 5.10 Å². The molecule has 5 heteroatoms. The highest BCUT2D eigenvalue weighted by Crippen LogP contribution is 2.21. The third kappa shape index (κ3) is 2.63. The van der Waals surface area contributed by atoms with Crippen molar-refractivity contribution in [2.45, 2.75) is 0 Å². The third-order valence-corrected chi connectivity index (χ3v) is 2.33. The van der Waals surface area contributed by atoms with Crippen molar-refractivity contribution in [3.63, 3.8) is 0 Å². The average molecular weight is 231 g/mol. The van der Waals surface area contributed by atoms with Crippen molar-refractivity contribution in [2.24, 2.45) is 7.05 Å². The summed E-state index contributed by atoms with van der Waals surface area (Å²) in [6, 6.07) is 7.50. The molecular weight excluding hydrogens is 218 g/mol. The van der Waals surface area contributed by atoms with E-state index in [1.807, 2.05) is 31.4 Å². The number of anilines is 1. The normalized spacial score (nSPS) is 10.0. The van der Waals surface area contributed by atoms with Crippen LogP contribution >= 0.6 is 0 Å². The molecule has 1 amide bonds. The minimum atomic E-state index is -0.478. The van der Waals surface area contributed by atoms with Gasteiger partial charge in [0.15, 0.2) is 0 Å². The Morgan fingerprint density at radius 1 is 1.41 bits per heavy atom.